The van der Waals surface area contributed by atoms with Gasteiger partial charge in [0.1, 0.15) is 5.82 Å². The molecule has 1 aromatic rings. The first-order chi connectivity index (χ1) is 10.2. The maximum absolute atomic E-state index is 13.1. The Morgan fingerprint density at radius 1 is 1.48 bits per heavy atom. The Bertz CT molecular complexity index is 464. The average molecular weight is 293 g/mol. The van der Waals surface area contributed by atoms with E-state index in [2.05, 4.69) is 11.8 Å². The number of piperidine rings is 1. The van der Waals surface area contributed by atoms with Gasteiger partial charge in [-0.2, -0.15) is 0 Å². The van der Waals surface area contributed by atoms with Crippen molar-refractivity contribution < 1.29 is 13.9 Å². The van der Waals surface area contributed by atoms with Crippen LogP contribution in [0, 0.1) is 5.82 Å². The van der Waals surface area contributed by atoms with E-state index in [1.54, 1.807) is 12.1 Å². The number of ketones is 1. The third-order valence-corrected chi connectivity index (χ3v) is 3.82. The molecule has 0 radical (unpaired) electrons. The molecular formula is C17H24FNO2. The zero-order valence-electron chi connectivity index (χ0n) is 12.7. The van der Waals surface area contributed by atoms with Crippen LogP contribution in [0.3, 0.4) is 0 Å². The highest BCUT2D eigenvalue weighted by atomic mass is 19.1. The zero-order valence-corrected chi connectivity index (χ0v) is 12.7. The topological polar surface area (TPSA) is 29.5 Å². The van der Waals surface area contributed by atoms with Gasteiger partial charge in [0, 0.05) is 31.7 Å². The zero-order chi connectivity index (χ0) is 15.1. The van der Waals surface area contributed by atoms with Crippen LogP contribution in [0.15, 0.2) is 24.3 Å². The highest BCUT2D eigenvalue weighted by Gasteiger charge is 2.20. The molecule has 1 unspecified atom stereocenters. The maximum atomic E-state index is 13.1. The lowest BCUT2D eigenvalue weighted by Crippen LogP contribution is -2.40. The molecule has 1 fully saturated rings. The summed E-state index contributed by atoms with van der Waals surface area (Å²) in [5, 5.41) is 0. The smallest absolute Gasteiger partial charge is 0.164 e. The molecule has 1 aliphatic heterocycles. The molecule has 0 saturated carbocycles. The largest absolute Gasteiger partial charge is 0.377 e. The number of ether oxygens (including phenoxy) is 1. The molecule has 0 N–H and O–H groups in total. The molecule has 21 heavy (non-hydrogen) atoms. The Hall–Kier alpha value is -1.26. The first kappa shape index (κ1) is 16.1. The molecule has 1 saturated heterocycles. The minimum absolute atomic E-state index is 0.00565. The summed E-state index contributed by atoms with van der Waals surface area (Å²) in [6, 6.07) is 5.93. The molecule has 116 valence electrons. The number of carbonyl (C=O) groups excluding carboxylic acids is 1. The molecule has 4 heteroatoms. The highest BCUT2D eigenvalue weighted by Crippen LogP contribution is 2.15. The number of carbonyl (C=O) groups is 1. The highest BCUT2D eigenvalue weighted by molar-refractivity contribution is 5.96. The van der Waals surface area contributed by atoms with Crippen molar-refractivity contribution in [3.8, 4) is 0 Å². The van der Waals surface area contributed by atoms with Gasteiger partial charge in [0.15, 0.2) is 5.78 Å². The number of hydrogen-bond acceptors (Lipinski definition) is 3. The summed E-state index contributed by atoms with van der Waals surface area (Å²) in [4.78, 5) is 14.3. The molecule has 0 amide bonds. The third kappa shape index (κ3) is 5.21. The normalized spacial score (nSPS) is 19.6. The number of likely N-dealkylation sites (tertiary alicyclic amines) is 1. The number of rotatable bonds is 7. The fourth-order valence-corrected chi connectivity index (χ4v) is 2.70. The lowest BCUT2D eigenvalue weighted by Gasteiger charge is -2.32. The van der Waals surface area contributed by atoms with Crippen molar-refractivity contribution in [3.05, 3.63) is 35.6 Å². The van der Waals surface area contributed by atoms with E-state index >= 15 is 0 Å². The van der Waals surface area contributed by atoms with Crippen LogP contribution >= 0.6 is 0 Å². The van der Waals surface area contributed by atoms with E-state index < -0.39 is 0 Å². The Labute approximate surface area is 126 Å². The van der Waals surface area contributed by atoms with Gasteiger partial charge >= 0.3 is 0 Å². The van der Waals surface area contributed by atoms with Crippen molar-refractivity contribution in [1.29, 1.82) is 0 Å². The molecule has 0 aliphatic carbocycles. The van der Waals surface area contributed by atoms with Gasteiger partial charge in [0.2, 0.25) is 0 Å². The summed E-state index contributed by atoms with van der Waals surface area (Å²) in [5.74, 6) is -0.349. The molecule has 3 nitrogen and oxygen atoms in total. The van der Waals surface area contributed by atoms with Crippen molar-refractivity contribution in [2.75, 3.05) is 26.2 Å². The van der Waals surface area contributed by atoms with Crippen LogP contribution < -0.4 is 0 Å². The fraction of sp³-hybridized carbons (Fsp3) is 0.588. The van der Waals surface area contributed by atoms with Gasteiger partial charge in [0.25, 0.3) is 0 Å². The second-order valence-electron chi connectivity index (χ2n) is 5.62. The summed E-state index contributed by atoms with van der Waals surface area (Å²) in [5.41, 5.74) is 0.464. The Morgan fingerprint density at radius 2 is 2.33 bits per heavy atom. The molecule has 2 rings (SSSR count). The SMILES string of the molecule is CCCOC1CCCN(CCC(=O)c2cccc(F)c2)C1. The van der Waals surface area contributed by atoms with Crippen LogP contribution in [0.25, 0.3) is 0 Å². The van der Waals surface area contributed by atoms with E-state index in [0.717, 1.165) is 45.5 Å². The minimum Gasteiger partial charge on any atom is -0.377 e. The standard InChI is InChI=1S/C17H24FNO2/c1-2-11-21-16-7-4-9-19(13-16)10-8-17(20)14-5-3-6-15(18)12-14/h3,5-6,12,16H,2,4,7-11,13H2,1H3. The second kappa shape index (κ2) is 8.25. The van der Waals surface area contributed by atoms with Crippen molar-refractivity contribution in [1.82, 2.24) is 4.90 Å². The van der Waals surface area contributed by atoms with E-state index in [1.807, 2.05) is 0 Å². The predicted octanol–water partition coefficient (Wildman–Crippen LogP) is 3.29. The first-order valence-electron chi connectivity index (χ1n) is 7.81. The van der Waals surface area contributed by atoms with Crippen molar-refractivity contribution >= 4 is 5.78 Å². The molecule has 0 bridgehead atoms. The van der Waals surface area contributed by atoms with Gasteiger partial charge in [0.05, 0.1) is 6.10 Å². The monoisotopic (exact) mass is 293 g/mol. The van der Waals surface area contributed by atoms with Crippen molar-refractivity contribution in [2.24, 2.45) is 0 Å². The number of nitrogens with zero attached hydrogens (tertiary/aromatic N) is 1. The molecule has 1 heterocycles. The van der Waals surface area contributed by atoms with E-state index in [-0.39, 0.29) is 11.6 Å². The molecule has 0 spiro atoms. The molecule has 1 aliphatic rings. The van der Waals surface area contributed by atoms with Gasteiger partial charge in [-0.1, -0.05) is 19.1 Å². The molecule has 1 atom stereocenters. The quantitative estimate of drug-likeness (QED) is 0.723. The second-order valence-corrected chi connectivity index (χ2v) is 5.62. The summed E-state index contributed by atoms with van der Waals surface area (Å²) < 4.78 is 18.9. The van der Waals surface area contributed by atoms with Gasteiger partial charge in [-0.05, 0) is 37.9 Å². The maximum Gasteiger partial charge on any atom is 0.164 e. The minimum atomic E-state index is -0.355. The molecule has 1 aromatic carbocycles. The summed E-state index contributed by atoms with van der Waals surface area (Å²) in [7, 11) is 0. The van der Waals surface area contributed by atoms with E-state index in [1.165, 1.54) is 12.1 Å². The van der Waals surface area contributed by atoms with Crippen molar-refractivity contribution in [2.45, 2.75) is 38.7 Å². The fourth-order valence-electron chi connectivity index (χ4n) is 2.70. The Balaban J connectivity index is 1.78. The van der Waals surface area contributed by atoms with Crippen LogP contribution in [0.5, 0.6) is 0 Å². The number of Topliss-reactive ketones (excluding diaryl/α,β-unsaturated/α-hetero) is 1. The first-order valence-corrected chi connectivity index (χ1v) is 7.81. The number of benzene rings is 1. The van der Waals surface area contributed by atoms with Crippen molar-refractivity contribution in [3.63, 3.8) is 0 Å². The third-order valence-electron chi connectivity index (χ3n) is 3.82. The van der Waals surface area contributed by atoms with Crippen LogP contribution in [0.4, 0.5) is 4.39 Å². The predicted molar refractivity (Wildman–Crippen MR) is 81.1 cm³/mol. The lowest BCUT2D eigenvalue weighted by atomic mass is 10.1. The lowest BCUT2D eigenvalue weighted by molar-refractivity contribution is -0.0000198. The summed E-state index contributed by atoms with van der Waals surface area (Å²) >= 11 is 0. The van der Waals surface area contributed by atoms with Crippen LogP contribution in [-0.4, -0.2) is 43.0 Å². The molecular weight excluding hydrogens is 269 g/mol. The van der Waals surface area contributed by atoms with Gasteiger partial charge in [-0.3, -0.25) is 4.79 Å². The van der Waals surface area contributed by atoms with Gasteiger partial charge in [-0.15, -0.1) is 0 Å². The van der Waals surface area contributed by atoms with Crippen LogP contribution in [0.1, 0.15) is 43.0 Å². The van der Waals surface area contributed by atoms with E-state index in [4.69, 9.17) is 4.74 Å². The number of halogens is 1. The Morgan fingerprint density at radius 3 is 3.10 bits per heavy atom. The molecule has 0 aromatic heterocycles. The summed E-state index contributed by atoms with van der Waals surface area (Å²) in [6.07, 6.45) is 3.98. The Kier molecular flexibility index (Phi) is 6.33. The van der Waals surface area contributed by atoms with E-state index in [9.17, 15) is 9.18 Å². The van der Waals surface area contributed by atoms with Crippen LogP contribution in [0.2, 0.25) is 0 Å². The summed E-state index contributed by atoms with van der Waals surface area (Å²) in [6.45, 7) is 5.55. The number of hydrogen-bond donors (Lipinski definition) is 0. The van der Waals surface area contributed by atoms with Gasteiger partial charge < -0.3 is 9.64 Å². The van der Waals surface area contributed by atoms with E-state index in [0.29, 0.717) is 18.1 Å². The van der Waals surface area contributed by atoms with Crippen LogP contribution in [-0.2, 0) is 4.74 Å². The average Bonchev–Trinajstić information content (AvgIpc) is 2.51. The van der Waals surface area contributed by atoms with Gasteiger partial charge in [-0.25, -0.2) is 4.39 Å².